The van der Waals surface area contributed by atoms with E-state index < -0.39 is 0 Å². The molecule has 1 amide bonds. The van der Waals surface area contributed by atoms with Gasteiger partial charge >= 0.3 is 0 Å². The van der Waals surface area contributed by atoms with Crippen molar-refractivity contribution < 1.29 is 19.4 Å². The molecule has 10 heteroatoms. The van der Waals surface area contributed by atoms with Gasteiger partial charge in [0, 0.05) is 50.2 Å². The first-order valence-corrected chi connectivity index (χ1v) is 14.0. The molecule has 0 unspecified atom stereocenters. The van der Waals surface area contributed by atoms with E-state index in [2.05, 4.69) is 21.2 Å². The van der Waals surface area contributed by atoms with Crippen LogP contribution >= 0.6 is 0 Å². The second-order valence-corrected chi connectivity index (χ2v) is 10.3. The zero-order valence-corrected chi connectivity index (χ0v) is 23.0. The number of nitrogens with one attached hydrogen (secondary N) is 1. The van der Waals surface area contributed by atoms with Crippen LogP contribution in [0, 0.1) is 0 Å². The molecule has 2 aromatic carbocycles. The Morgan fingerprint density at radius 2 is 1.54 bits per heavy atom. The number of rotatable bonds is 8. The van der Waals surface area contributed by atoms with Crippen molar-refractivity contribution in [1.29, 1.82) is 0 Å². The van der Waals surface area contributed by atoms with Crippen LogP contribution in [0.25, 0.3) is 22.4 Å². The monoisotopic (exact) mass is 554 g/mol. The number of hydrogen-bond donors (Lipinski definition) is 2. The third kappa shape index (κ3) is 6.68. The fourth-order valence-electron chi connectivity index (χ4n) is 5.13. The SMILES string of the molecule is O=C(Cc1ccc(-c2nc(N3CCOCC3)c3ncc(CN4CCOCC4)cc3n2)cc1)Nc1ccc(CO)cc1. The van der Waals surface area contributed by atoms with Gasteiger partial charge in [-0.1, -0.05) is 36.4 Å². The van der Waals surface area contributed by atoms with Crippen molar-refractivity contribution in [2.75, 3.05) is 62.8 Å². The number of aliphatic hydroxyl groups excluding tert-OH is 1. The Bertz CT molecular complexity index is 1480. The second-order valence-electron chi connectivity index (χ2n) is 10.3. The number of amides is 1. The van der Waals surface area contributed by atoms with Crippen molar-refractivity contribution in [3.8, 4) is 11.4 Å². The van der Waals surface area contributed by atoms with Crippen LogP contribution in [-0.4, -0.2) is 83.5 Å². The summed E-state index contributed by atoms with van der Waals surface area (Å²) < 4.78 is 11.1. The van der Waals surface area contributed by atoms with Crippen LogP contribution in [0.1, 0.15) is 16.7 Å². The summed E-state index contributed by atoms with van der Waals surface area (Å²) >= 11 is 0. The summed E-state index contributed by atoms with van der Waals surface area (Å²) in [6.07, 6.45) is 2.18. The number of ether oxygens (including phenoxy) is 2. The van der Waals surface area contributed by atoms with E-state index in [0.29, 0.717) is 24.7 Å². The van der Waals surface area contributed by atoms with Crippen LogP contribution in [-0.2, 0) is 33.8 Å². The third-order valence-electron chi connectivity index (χ3n) is 7.39. The molecule has 2 aliphatic rings. The number of benzene rings is 2. The van der Waals surface area contributed by atoms with Crippen LogP contribution in [0.5, 0.6) is 0 Å². The third-order valence-corrected chi connectivity index (χ3v) is 7.39. The molecule has 0 aliphatic carbocycles. The first kappa shape index (κ1) is 27.2. The number of aliphatic hydroxyl groups is 1. The highest BCUT2D eigenvalue weighted by atomic mass is 16.5. The van der Waals surface area contributed by atoms with Gasteiger partial charge in [-0.2, -0.15) is 0 Å². The fourth-order valence-corrected chi connectivity index (χ4v) is 5.13. The Morgan fingerprint density at radius 1 is 0.854 bits per heavy atom. The number of carbonyl (C=O) groups is 1. The standard InChI is InChI=1S/C31H34N6O4/c38-21-23-3-7-26(8-4-23)33-28(39)18-22-1-5-25(6-2-22)30-34-27-17-24(20-36-9-13-40-14-10-36)19-32-29(27)31(35-30)37-11-15-41-16-12-37/h1-8,17,19,38H,9-16,18,20-21H2,(H,33,39). The van der Waals surface area contributed by atoms with Gasteiger partial charge in [0.25, 0.3) is 0 Å². The number of aromatic nitrogens is 3. The first-order valence-electron chi connectivity index (χ1n) is 14.0. The maximum absolute atomic E-state index is 12.6. The van der Waals surface area contributed by atoms with E-state index in [-0.39, 0.29) is 18.9 Å². The van der Waals surface area contributed by atoms with Crippen molar-refractivity contribution in [2.24, 2.45) is 0 Å². The predicted molar refractivity (Wildman–Crippen MR) is 157 cm³/mol. The molecule has 10 nitrogen and oxygen atoms in total. The molecule has 6 rings (SSSR count). The lowest BCUT2D eigenvalue weighted by atomic mass is 10.1. The maximum Gasteiger partial charge on any atom is 0.228 e. The minimum absolute atomic E-state index is 0.0262. The lowest BCUT2D eigenvalue weighted by molar-refractivity contribution is -0.115. The average Bonchev–Trinajstić information content (AvgIpc) is 3.02. The summed E-state index contributed by atoms with van der Waals surface area (Å²) in [4.78, 5) is 31.9. The topological polar surface area (TPSA) is 113 Å². The van der Waals surface area contributed by atoms with Crippen LogP contribution in [0.3, 0.4) is 0 Å². The predicted octanol–water partition coefficient (Wildman–Crippen LogP) is 3.03. The Kier molecular flexibility index (Phi) is 8.43. The Hall–Kier alpha value is -3.96. The second kappa shape index (κ2) is 12.7. The Morgan fingerprint density at radius 3 is 2.24 bits per heavy atom. The van der Waals surface area contributed by atoms with Gasteiger partial charge < -0.3 is 24.8 Å². The van der Waals surface area contributed by atoms with Crippen molar-refractivity contribution >= 4 is 28.4 Å². The maximum atomic E-state index is 12.6. The van der Waals surface area contributed by atoms with Gasteiger partial charge in [-0.25, -0.2) is 9.97 Å². The molecular formula is C31H34N6O4. The largest absolute Gasteiger partial charge is 0.392 e. The number of anilines is 2. The molecule has 4 heterocycles. The van der Waals surface area contributed by atoms with E-state index in [0.717, 1.165) is 85.0 Å². The van der Waals surface area contributed by atoms with Crippen LogP contribution in [0.2, 0.25) is 0 Å². The highest BCUT2D eigenvalue weighted by Crippen LogP contribution is 2.28. The van der Waals surface area contributed by atoms with Gasteiger partial charge in [0.1, 0.15) is 5.52 Å². The van der Waals surface area contributed by atoms with E-state index in [4.69, 9.17) is 24.4 Å². The van der Waals surface area contributed by atoms with Crippen LogP contribution in [0.4, 0.5) is 11.5 Å². The fraction of sp³-hybridized carbons (Fsp3) is 0.355. The number of nitrogens with zero attached hydrogens (tertiary/aromatic N) is 5. The van der Waals surface area contributed by atoms with E-state index in [1.807, 2.05) is 30.5 Å². The van der Waals surface area contributed by atoms with Gasteiger partial charge in [0.15, 0.2) is 11.6 Å². The normalized spacial score (nSPS) is 16.2. The van der Waals surface area contributed by atoms with Gasteiger partial charge in [-0.3, -0.25) is 14.7 Å². The molecule has 2 N–H and O–H groups in total. The Balaban J connectivity index is 1.23. The molecule has 2 aromatic heterocycles. The van der Waals surface area contributed by atoms with Crippen molar-refractivity contribution in [1.82, 2.24) is 19.9 Å². The number of carbonyl (C=O) groups excluding carboxylic acids is 1. The van der Waals surface area contributed by atoms with E-state index >= 15 is 0 Å². The molecule has 4 aromatic rings. The van der Waals surface area contributed by atoms with E-state index in [9.17, 15) is 9.90 Å². The van der Waals surface area contributed by atoms with Gasteiger partial charge in [0.2, 0.25) is 5.91 Å². The molecular weight excluding hydrogens is 520 g/mol. The average molecular weight is 555 g/mol. The summed E-state index contributed by atoms with van der Waals surface area (Å²) in [7, 11) is 0. The van der Waals surface area contributed by atoms with E-state index in [1.54, 1.807) is 24.3 Å². The summed E-state index contributed by atoms with van der Waals surface area (Å²) in [5.74, 6) is 1.34. The molecule has 41 heavy (non-hydrogen) atoms. The molecule has 0 bridgehead atoms. The lowest BCUT2D eigenvalue weighted by Crippen LogP contribution is -2.37. The highest BCUT2D eigenvalue weighted by Gasteiger charge is 2.20. The van der Waals surface area contributed by atoms with Crippen molar-refractivity contribution in [3.05, 3.63) is 77.5 Å². The minimum atomic E-state index is -0.107. The highest BCUT2D eigenvalue weighted by molar-refractivity contribution is 5.92. The number of pyridine rings is 1. The van der Waals surface area contributed by atoms with Gasteiger partial charge in [-0.05, 0) is 34.9 Å². The molecule has 0 radical (unpaired) electrons. The zero-order valence-electron chi connectivity index (χ0n) is 23.0. The number of morpholine rings is 2. The number of fused-ring (bicyclic) bond motifs is 1. The molecule has 0 atom stereocenters. The molecule has 0 saturated carbocycles. The first-order chi connectivity index (χ1) is 20.1. The number of hydrogen-bond acceptors (Lipinski definition) is 9. The van der Waals surface area contributed by atoms with Gasteiger partial charge in [0.05, 0.1) is 45.0 Å². The van der Waals surface area contributed by atoms with E-state index in [1.165, 1.54) is 0 Å². The smallest absolute Gasteiger partial charge is 0.228 e. The molecule has 212 valence electrons. The molecule has 2 saturated heterocycles. The quantitative estimate of drug-likeness (QED) is 0.339. The van der Waals surface area contributed by atoms with Crippen LogP contribution < -0.4 is 10.2 Å². The molecule has 2 aliphatic heterocycles. The van der Waals surface area contributed by atoms with Crippen molar-refractivity contribution in [3.63, 3.8) is 0 Å². The lowest BCUT2D eigenvalue weighted by Gasteiger charge is -2.29. The Labute approximate surface area is 239 Å². The van der Waals surface area contributed by atoms with Crippen LogP contribution in [0.15, 0.2) is 60.8 Å². The van der Waals surface area contributed by atoms with Gasteiger partial charge in [-0.15, -0.1) is 0 Å². The summed E-state index contributed by atoms with van der Waals surface area (Å²) in [6, 6.07) is 17.1. The summed E-state index contributed by atoms with van der Waals surface area (Å²) in [6.45, 7) is 6.91. The molecule has 2 fully saturated rings. The summed E-state index contributed by atoms with van der Waals surface area (Å²) in [5.41, 5.74) is 6.00. The summed E-state index contributed by atoms with van der Waals surface area (Å²) in [5, 5.41) is 12.1. The zero-order chi connectivity index (χ0) is 28.0. The molecule has 0 spiro atoms. The van der Waals surface area contributed by atoms with Crippen molar-refractivity contribution in [2.45, 2.75) is 19.6 Å². The minimum Gasteiger partial charge on any atom is -0.392 e.